The molecule has 0 aromatic heterocycles. The van der Waals surface area contributed by atoms with Gasteiger partial charge in [0.15, 0.2) is 0 Å². The van der Waals surface area contributed by atoms with Gasteiger partial charge in [0.2, 0.25) is 0 Å². The molecule has 2 aromatic rings. The molecule has 2 nitrogen and oxygen atoms in total. The van der Waals surface area contributed by atoms with Gasteiger partial charge in [0.25, 0.3) is 5.91 Å². The maximum Gasteiger partial charge on any atom is 0.251 e. The highest BCUT2D eigenvalue weighted by Gasteiger charge is 2.07. The van der Waals surface area contributed by atoms with Gasteiger partial charge >= 0.3 is 0 Å². The number of nitrogens with one attached hydrogen (secondary N) is 1. The van der Waals surface area contributed by atoms with E-state index in [1.807, 2.05) is 68.5 Å². The van der Waals surface area contributed by atoms with Crippen molar-refractivity contribution in [3.05, 3.63) is 69.7 Å². The van der Waals surface area contributed by atoms with Crippen molar-refractivity contribution in [3.63, 3.8) is 0 Å². The summed E-state index contributed by atoms with van der Waals surface area (Å²) in [5.41, 5.74) is 3.56. The summed E-state index contributed by atoms with van der Waals surface area (Å²) in [5, 5.41) is 2.93. The number of hydrogen-bond donors (Lipinski definition) is 1. The lowest BCUT2D eigenvalue weighted by Gasteiger charge is -2.09. The Bertz CT molecular complexity index is 647. The zero-order valence-corrected chi connectivity index (χ0v) is 13.1. The SMILES string of the molecule is CC(=Cc1ccccc1)C(=O)Nc1ccc(Br)cc1C. The quantitative estimate of drug-likeness (QED) is 0.805. The van der Waals surface area contributed by atoms with Crippen LogP contribution < -0.4 is 5.32 Å². The van der Waals surface area contributed by atoms with Crippen LogP contribution in [0, 0.1) is 6.92 Å². The Balaban J connectivity index is 2.14. The fourth-order valence-corrected chi connectivity index (χ4v) is 2.33. The second-order valence-electron chi connectivity index (χ2n) is 4.65. The molecule has 0 aliphatic carbocycles. The predicted octanol–water partition coefficient (Wildman–Crippen LogP) is 4.80. The molecule has 1 amide bonds. The zero-order valence-electron chi connectivity index (χ0n) is 11.5. The molecule has 2 aromatic carbocycles. The topological polar surface area (TPSA) is 29.1 Å². The molecule has 1 N–H and O–H groups in total. The Labute approximate surface area is 127 Å². The lowest BCUT2D eigenvalue weighted by molar-refractivity contribution is -0.112. The van der Waals surface area contributed by atoms with Gasteiger partial charge in [-0.15, -0.1) is 0 Å². The van der Waals surface area contributed by atoms with E-state index in [0.29, 0.717) is 5.57 Å². The number of aryl methyl sites for hydroxylation is 1. The third kappa shape index (κ3) is 3.81. The summed E-state index contributed by atoms with van der Waals surface area (Å²) < 4.78 is 1.00. The van der Waals surface area contributed by atoms with E-state index in [2.05, 4.69) is 21.2 Å². The summed E-state index contributed by atoms with van der Waals surface area (Å²) in [6.45, 7) is 3.78. The highest BCUT2D eigenvalue weighted by atomic mass is 79.9. The molecular weight excluding hydrogens is 314 g/mol. The van der Waals surface area contributed by atoms with Crippen molar-refractivity contribution in [3.8, 4) is 0 Å². The summed E-state index contributed by atoms with van der Waals surface area (Å²) in [7, 11) is 0. The van der Waals surface area contributed by atoms with Crippen LogP contribution in [0.1, 0.15) is 18.1 Å². The van der Waals surface area contributed by atoms with Crippen molar-refractivity contribution in [2.75, 3.05) is 5.32 Å². The zero-order chi connectivity index (χ0) is 14.5. The Hall–Kier alpha value is -1.87. The van der Waals surface area contributed by atoms with Crippen LogP contribution in [-0.2, 0) is 4.79 Å². The van der Waals surface area contributed by atoms with Crippen LogP contribution in [0.3, 0.4) is 0 Å². The van der Waals surface area contributed by atoms with E-state index >= 15 is 0 Å². The van der Waals surface area contributed by atoms with Gasteiger partial charge in [-0.3, -0.25) is 4.79 Å². The van der Waals surface area contributed by atoms with Crippen molar-refractivity contribution in [2.45, 2.75) is 13.8 Å². The van der Waals surface area contributed by atoms with Crippen LogP contribution >= 0.6 is 15.9 Å². The predicted molar refractivity (Wildman–Crippen MR) is 87.6 cm³/mol. The lowest BCUT2D eigenvalue weighted by Crippen LogP contribution is -2.13. The number of carbonyl (C=O) groups excluding carboxylic acids is 1. The van der Waals surface area contributed by atoms with Crippen molar-refractivity contribution >= 4 is 33.6 Å². The van der Waals surface area contributed by atoms with Gasteiger partial charge in [-0.05, 0) is 49.2 Å². The molecule has 0 bridgehead atoms. The molecule has 3 heteroatoms. The molecule has 0 aliphatic heterocycles. The van der Waals surface area contributed by atoms with E-state index in [4.69, 9.17) is 0 Å². The number of halogens is 1. The summed E-state index contributed by atoms with van der Waals surface area (Å²) in [6, 6.07) is 15.6. The summed E-state index contributed by atoms with van der Waals surface area (Å²) in [5.74, 6) is -0.0840. The molecule has 0 fully saturated rings. The van der Waals surface area contributed by atoms with Gasteiger partial charge in [-0.25, -0.2) is 0 Å². The van der Waals surface area contributed by atoms with Gasteiger partial charge < -0.3 is 5.32 Å². The highest BCUT2D eigenvalue weighted by Crippen LogP contribution is 2.20. The van der Waals surface area contributed by atoms with Gasteiger partial charge in [-0.2, -0.15) is 0 Å². The summed E-state index contributed by atoms with van der Waals surface area (Å²) in [4.78, 5) is 12.2. The molecule has 0 unspecified atom stereocenters. The molecule has 0 saturated heterocycles. The second-order valence-corrected chi connectivity index (χ2v) is 5.57. The Morgan fingerprint density at radius 2 is 1.85 bits per heavy atom. The Morgan fingerprint density at radius 3 is 2.50 bits per heavy atom. The number of rotatable bonds is 3. The van der Waals surface area contributed by atoms with E-state index in [-0.39, 0.29) is 5.91 Å². The maximum atomic E-state index is 12.2. The fraction of sp³-hybridized carbons (Fsp3) is 0.118. The first kappa shape index (κ1) is 14.5. The molecule has 0 radical (unpaired) electrons. The number of amides is 1. The minimum Gasteiger partial charge on any atom is -0.322 e. The van der Waals surface area contributed by atoms with Crippen LogP contribution in [-0.4, -0.2) is 5.91 Å². The van der Waals surface area contributed by atoms with Crippen LogP contribution in [0.5, 0.6) is 0 Å². The minimum atomic E-state index is -0.0840. The number of carbonyl (C=O) groups is 1. The average molecular weight is 330 g/mol. The molecule has 0 aliphatic rings. The fourth-order valence-electron chi connectivity index (χ4n) is 1.85. The number of benzene rings is 2. The summed E-state index contributed by atoms with van der Waals surface area (Å²) >= 11 is 3.41. The van der Waals surface area contributed by atoms with E-state index < -0.39 is 0 Å². The smallest absolute Gasteiger partial charge is 0.251 e. The van der Waals surface area contributed by atoms with Crippen LogP contribution in [0.2, 0.25) is 0 Å². The average Bonchev–Trinajstić information content (AvgIpc) is 2.43. The van der Waals surface area contributed by atoms with Crippen molar-refractivity contribution in [1.82, 2.24) is 0 Å². The molecule has 0 saturated carbocycles. The number of hydrogen-bond acceptors (Lipinski definition) is 1. The number of anilines is 1. The van der Waals surface area contributed by atoms with E-state index in [1.165, 1.54) is 0 Å². The van der Waals surface area contributed by atoms with Crippen molar-refractivity contribution < 1.29 is 4.79 Å². The lowest BCUT2D eigenvalue weighted by atomic mass is 10.1. The molecular formula is C17H16BrNO. The molecule has 0 spiro atoms. The summed E-state index contributed by atoms with van der Waals surface area (Å²) in [6.07, 6.45) is 1.88. The van der Waals surface area contributed by atoms with Gasteiger partial charge in [0.1, 0.15) is 0 Å². The first-order valence-corrected chi connectivity index (χ1v) is 7.16. The maximum absolute atomic E-state index is 12.2. The van der Waals surface area contributed by atoms with Crippen molar-refractivity contribution in [2.24, 2.45) is 0 Å². The Morgan fingerprint density at radius 1 is 1.15 bits per heavy atom. The van der Waals surface area contributed by atoms with Crippen LogP contribution in [0.25, 0.3) is 6.08 Å². The molecule has 0 atom stereocenters. The van der Waals surface area contributed by atoms with Gasteiger partial charge in [0.05, 0.1) is 0 Å². The molecule has 2 rings (SSSR count). The standard InChI is InChI=1S/C17H16BrNO/c1-12-11-15(18)8-9-16(12)19-17(20)13(2)10-14-6-4-3-5-7-14/h3-11H,1-2H3,(H,19,20). The largest absolute Gasteiger partial charge is 0.322 e. The highest BCUT2D eigenvalue weighted by molar-refractivity contribution is 9.10. The monoisotopic (exact) mass is 329 g/mol. The molecule has 102 valence electrons. The second kappa shape index (κ2) is 6.53. The normalized spacial score (nSPS) is 11.2. The van der Waals surface area contributed by atoms with Crippen LogP contribution in [0.4, 0.5) is 5.69 Å². The van der Waals surface area contributed by atoms with Gasteiger partial charge in [-0.1, -0.05) is 46.3 Å². The minimum absolute atomic E-state index is 0.0840. The molecule has 0 heterocycles. The van der Waals surface area contributed by atoms with Gasteiger partial charge in [0, 0.05) is 15.7 Å². The van der Waals surface area contributed by atoms with E-state index in [1.54, 1.807) is 0 Å². The first-order chi connectivity index (χ1) is 9.56. The molecule has 20 heavy (non-hydrogen) atoms. The first-order valence-electron chi connectivity index (χ1n) is 6.37. The Kier molecular flexibility index (Phi) is 4.74. The van der Waals surface area contributed by atoms with E-state index in [9.17, 15) is 4.79 Å². The van der Waals surface area contributed by atoms with E-state index in [0.717, 1.165) is 21.3 Å². The van der Waals surface area contributed by atoms with Crippen LogP contribution in [0.15, 0.2) is 58.6 Å². The third-order valence-electron chi connectivity index (χ3n) is 2.98. The van der Waals surface area contributed by atoms with Crippen molar-refractivity contribution in [1.29, 1.82) is 0 Å². The third-order valence-corrected chi connectivity index (χ3v) is 3.47.